The van der Waals surface area contributed by atoms with Gasteiger partial charge in [0.05, 0.1) is 0 Å². The van der Waals surface area contributed by atoms with Crippen molar-refractivity contribution in [1.82, 2.24) is 0 Å². The zero-order valence-corrected chi connectivity index (χ0v) is 7.72. The van der Waals surface area contributed by atoms with E-state index in [1.54, 1.807) is 6.07 Å². The van der Waals surface area contributed by atoms with Gasteiger partial charge in [-0.3, -0.25) is 0 Å². The lowest BCUT2D eigenvalue weighted by Crippen LogP contribution is -2.07. The highest BCUT2D eigenvalue weighted by atomic mass is 19.3. The number of anilines is 1. The molecule has 0 aromatic heterocycles. The second-order valence-corrected chi connectivity index (χ2v) is 3.04. The highest BCUT2D eigenvalue weighted by Crippen LogP contribution is 2.28. The van der Waals surface area contributed by atoms with Gasteiger partial charge in [0.25, 0.3) is 5.92 Å². The van der Waals surface area contributed by atoms with E-state index >= 15 is 0 Å². The summed E-state index contributed by atoms with van der Waals surface area (Å²) in [5.41, 5.74) is 0.278. The second kappa shape index (κ2) is 3.65. The predicted octanol–water partition coefficient (Wildman–Crippen LogP) is 3.24. The fourth-order valence-corrected chi connectivity index (χ4v) is 1.04. The molecule has 1 aromatic carbocycles. The maximum atomic E-state index is 12.9. The molecule has 0 bridgehead atoms. The normalized spacial score (nSPS) is 11.1. The monoisotopic (exact) mass is 199 g/mol. The number of hydrogen-bond donors (Lipinski definition) is 2. The van der Waals surface area contributed by atoms with Crippen LogP contribution in [0.25, 0.3) is 0 Å². The van der Waals surface area contributed by atoms with Crippen molar-refractivity contribution in [3.05, 3.63) is 42.3 Å². The highest BCUT2D eigenvalue weighted by molar-refractivity contribution is 5.49. The van der Waals surface area contributed by atoms with E-state index in [-0.39, 0.29) is 11.4 Å². The Morgan fingerprint density at radius 1 is 1.50 bits per heavy atom. The first-order valence-electron chi connectivity index (χ1n) is 4.03. The summed E-state index contributed by atoms with van der Waals surface area (Å²) >= 11 is 0. The van der Waals surface area contributed by atoms with Gasteiger partial charge in [-0.15, -0.1) is 0 Å². The summed E-state index contributed by atoms with van der Waals surface area (Å²) in [5, 5.41) is 11.3. The molecule has 1 aromatic rings. The minimum absolute atomic E-state index is 0.108. The van der Waals surface area contributed by atoms with Crippen LogP contribution >= 0.6 is 0 Å². The fourth-order valence-electron chi connectivity index (χ4n) is 1.04. The van der Waals surface area contributed by atoms with Crippen LogP contribution < -0.4 is 5.32 Å². The third-order valence-corrected chi connectivity index (χ3v) is 1.66. The van der Waals surface area contributed by atoms with Crippen molar-refractivity contribution in [2.24, 2.45) is 0 Å². The zero-order chi connectivity index (χ0) is 10.8. The molecule has 2 nitrogen and oxygen atoms in total. The lowest BCUT2D eigenvalue weighted by atomic mass is 10.1. The van der Waals surface area contributed by atoms with Crippen LogP contribution in [-0.2, 0) is 5.92 Å². The summed E-state index contributed by atoms with van der Waals surface area (Å²) in [6.45, 7) is 4.02. The Hall–Kier alpha value is -1.58. The number of alkyl halides is 2. The van der Waals surface area contributed by atoms with E-state index in [4.69, 9.17) is 5.11 Å². The summed E-state index contributed by atoms with van der Waals surface area (Å²) in [7, 11) is 0. The molecule has 0 aliphatic heterocycles. The van der Waals surface area contributed by atoms with Gasteiger partial charge in [0.1, 0.15) is 0 Å². The second-order valence-electron chi connectivity index (χ2n) is 3.04. The molecule has 76 valence electrons. The van der Waals surface area contributed by atoms with Crippen molar-refractivity contribution in [3.8, 4) is 0 Å². The minimum Gasteiger partial charge on any atom is -0.495 e. The fraction of sp³-hybridized carbons (Fsp3) is 0.200. The van der Waals surface area contributed by atoms with Crippen LogP contribution in [0.3, 0.4) is 0 Å². The summed E-state index contributed by atoms with van der Waals surface area (Å²) in [6, 6.07) is 5.64. The lowest BCUT2D eigenvalue weighted by Gasteiger charge is -2.12. The third-order valence-electron chi connectivity index (χ3n) is 1.66. The number of aliphatic hydroxyl groups is 1. The first-order chi connectivity index (χ1) is 6.39. The molecule has 0 saturated heterocycles. The Kier molecular flexibility index (Phi) is 2.74. The standard InChI is InChI=1S/C10H11F2NO/c1-7(14)13-9-5-3-4-8(6-9)10(2,11)12/h3-6,13-14H,1H2,2H3. The molecular formula is C10H11F2NO. The molecule has 0 unspecified atom stereocenters. The van der Waals surface area contributed by atoms with Crippen LogP contribution in [-0.4, -0.2) is 5.11 Å². The van der Waals surface area contributed by atoms with Gasteiger partial charge in [0, 0.05) is 18.2 Å². The SMILES string of the molecule is C=C(O)Nc1cccc(C(C)(F)F)c1. The number of halogens is 2. The van der Waals surface area contributed by atoms with E-state index in [9.17, 15) is 8.78 Å². The molecule has 14 heavy (non-hydrogen) atoms. The summed E-state index contributed by atoms with van der Waals surface area (Å²) in [5.74, 6) is -3.16. The molecule has 0 amide bonds. The highest BCUT2D eigenvalue weighted by Gasteiger charge is 2.24. The molecule has 0 radical (unpaired) electrons. The molecule has 0 aliphatic carbocycles. The topological polar surface area (TPSA) is 32.3 Å². The number of hydrogen-bond acceptors (Lipinski definition) is 2. The molecule has 4 heteroatoms. The molecule has 0 heterocycles. The van der Waals surface area contributed by atoms with Crippen LogP contribution in [0, 0.1) is 0 Å². The van der Waals surface area contributed by atoms with Crippen LogP contribution in [0.5, 0.6) is 0 Å². The van der Waals surface area contributed by atoms with Crippen molar-refractivity contribution in [2.45, 2.75) is 12.8 Å². The van der Waals surface area contributed by atoms with Crippen molar-refractivity contribution in [2.75, 3.05) is 5.32 Å². The molecule has 0 fully saturated rings. The van der Waals surface area contributed by atoms with E-state index in [0.29, 0.717) is 5.69 Å². The zero-order valence-electron chi connectivity index (χ0n) is 7.72. The first kappa shape index (κ1) is 10.5. The number of nitrogens with one attached hydrogen (secondary N) is 1. The van der Waals surface area contributed by atoms with Crippen LogP contribution in [0.1, 0.15) is 12.5 Å². The number of rotatable bonds is 3. The van der Waals surface area contributed by atoms with Crippen LogP contribution in [0.2, 0.25) is 0 Å². The van der Waals surface area contributed by atoms with Gasteiger partial charge < -0.3 is 10.4 Å². The molecular weight excluding hydrogens is 188 g/mol. The van der Waals surface area contributed by atoms with E-state index in [0.717, 1.165) is 6.92 Å². The van der Waals surface area contributed by atoms with Gasteiger partial charge in [0.15, 0.2) is 5.88 Å². The van der Waals surface area contributed by atoms with Crippen molar-refractivity contribution >= 4 is 5.69 Å². The van der Waals surface area contributed by atoms with E-state index in [1.807, 2.05) is 0 Å². The third kappa shape index (κ3) is 2.73. The summed E-state index contributed by atoms with van der Waals surface area (Å²) in [4.78, 5) is 0. The van der Waals surface area contributed by atoms with Gasteiger partial charge in [-0.05, 0) is 18.7 Å². The van der Waals surface area contributed by atoms with E-state index in [1.165, 1.54) is 18.2 Å². The van der Waals surface area contributed by atoms with Crippen LogP contribution in [0.15, 0.2) is 36.7 Å². The first-order valence-corrected chi connectivity index (χ1v) is 4.03. The summed E-state index contributed by atoms with van der Waals surface area (Å²) in [6.07, 6.45) is 0. The number of aliphatic hydroxyl groups excluding tert-OH is 1. The van der Waals surface area contributed by atoms with E-state index in [2.05, 4.69) is 11.9 Å². The molecule has 0 atom stereocenters. The average molecular weight is 199 g/mol. The van der Waals surface area contributed by atoms with Gasteiger partial charge in [-0.2, -0.15) is 0 Å². The Labute approximate surface area is 80.9 Å². The Morgan fingerprint density at radius 3 is 2.64 bits per heavy atom. The number of benzene rings is 1. The maximum Gasteiger partial charge on any atom is 0.270 e. The summed E-state index contributed by atoms with van der Waals surface area (Å²) < 4.78 is 25.7. The molecule has 0 aliphatic rings. The van der Waals surface area contributed by atoms with Crippen molar-refractivity contribution < 1.29 is 13.9 Å². The van der Waals surface area contributed by atoms with E-state index < -0.39 is 5.92 Å². The predicted molar refractivity (Wildman–Crippen MR) is 51.4 cm³/mol. The Bertz CT molecular complexity index is 344. The van der Waals surface area contributed by atoms with Gasteiger partial charge in [-0.25, -0.2) is 8.78 Å². The smallest absolute Gasteiger partial charge is 0.270 e. The Balaban J connectivity index is 2.95. The van der Waals surface area contributed by atoms with Crippen molar-refractivity contribution in [1.29, 1.82) is 0 Å². The lowest BCUT2D eigenvalue weighted by molar-refractivity contribution is 0.0175. The molecule has 0 saturated carbocycles. The minimum atomic E-state index is -2.88. The van der Waals surface area contributed by atoms with Gasteiger partial charge in [-0.1, -0.05) is 12.1 Å². The molecule has 0 spiro atoms. The molecule has 2 N–H and O–H groups in total. The van der Waals surface area contributed by atoms with Gasteiger partial charge >= 0.3 is 0 Å². The average Bonchev–Trinajstić information content (AvgIpc) is 2.01. The molecule has 1 rings (SSSR count). The Morgan fingerprint density at radius 2 is 2.14 bits per heavy atom. The van der Waals surface area contributed by atoms with Gasteiger partial charge in [0.2, 0.25) is 0 Å². The quantitative estimate of drug-likeness (QED) is 0.732. The maximum absolute atomic E-state index is 12.9. The van der Waals surface area contributed by atoms with Crippen LogP contribution in [0.4, 0.5) is 14.5 Å². The van der Waals surface area contributed by atoms with Crippen molar-refractivity contribution in [3.63, 3.8) is 0 Å². The largest absolute Gasteiger partial charge is 0.495 e.